The molecule has 1 fully saturated rings. The molecular formula is C17H27NO. The van der Waals surface area contributed by atoms with Gasteiger partial charge in [-0.25, -0.2) is 0 Å². The number of benzene rings is 1. The maximum atomic E-state index is 10.4. The lowest BCUT2D eigenvalue weighted by molar-refractivity contribution is 0.109. The summed E-state index contributed by atoms with van der Waals surface area (Å²) < 4.78 is 0. The summed E-state index contributed by atoms with van der Waals surface area (Å²) in [6.07, 6.45) is 4.49. The number of hydrogen-bond donors (Lipinski definition) is 1. The SMILES string of the molecule is Cc1cc(C)cc(C(O)CCN2CCCCC2C)c1. The minimum atomic E-state index is -0.326. The summed E-state index contributed by atoms with van der Waals surface area (Å²) in [6.45, 7) is 8.70. The summed E-state index contributed by atoms with van der Waals surface area (Å²) in [5.41, 5.74) is 3.54. The predicted molar refractivity (Wildman–Crippen MR) is 80.4 cm³/mol. The Hall–Kier alpha value is -0.860. The molecule has 2 heteroatoms. The van der Waals surface area contributed by atoms with E-state index in [9.17, 15) is 5.11 Å². The van der Waals surface area contributed by atoms with Crippen LogP contribution in [-0.2, 0) is 0 Å². The first-order chi connectivity index (χ1) is 9.06. The molecule has 1 heterocycles. The number of aliphatic hydroxyl groups is 1. The lowest BCUT2D eigenvalue weighted by atomic mass is 9.99. The Bertz CT molecular complexity index is 395. The van der Waals surface area contributed by atoms with Gasteiger partial charge in [-0.15, -0.1) is 0 Å². The third kappa shape index (κ3) is 4.05. The lowest BCUT2D eigenvalue weighted by Crippen LogP contribution is -2.38. The van der Waals surface area contributed by atoms with Crippen molar-refractivity contribution in [3.05, 3.63) is 34.9 Å². The van der Waals surface area contributed by atoms with Gasteiger partial charge in [0.25, 0.3) is 0 Å². The van der Waals surface area contributed by atoms with Crippen LogP contribution in [0.4, 0.5) is 0 Å². The van der Waals surface area contributed by atoms with Gasteiger partial charge in [0, 0.05) is 12.6 Å². The summed E-state index contributed by atoms with van der Waals surface area (Å²) in [5, 5.41) is 10.4. The summed E-state index contributed by atoms with van der Waals surface area (Å²) in [6, 6.07) is 7.05. The second kappa shape index (κ2) is 6.53. The molecule has 1 aliphatic rings. The molecule has 1 aromatic carbocycles. The normalized spacial score (nSPS) is 22.4. The van der Waals surface area contributed by atoms with E-state index in [2.05, 4.69) is 43.9 Å². The molecule has 1 aromatic rings. The summed E-state index contributed by atoms with van der Waals surface area (Å²) in [4.78, 5) is 2.52. The minimum Gasteiger partial charge on any atom is -0.388 e. The van der Waals surface area contributed by atoms with Crippen LogP contribution in [0.1, 0.15) is 55.4 Å². The number of nitrogens with zero attached hydrogens (tertiary/aromatic N) is 1. The van der Waals surface area contributed by atoms with E-state index in [0.29, 0.717) is 6.04 Å². The fourth-order valence-electron chi connectivity index (χ4n) is 3.15. The zero-order valence-electron chi connectivity index (χ0n) is 12.5. The topological polar surface area (TPSA) is 23.5 Å². The Morgan fingerprint density at radius 3 is 2.53 bits per heavy atom. The standard InChI is InChI=1S/C17H27NO/c1-13-10-14(2)12-16(11-13)17(19)7-9-18-8-5-4-6-15(18)3/h10-12,15,17,19H,4-9H2,1-3H3. The second-order valence-electron chi connectivity index (χ2n) is 6.11. The first kappa shape index (κ1) is 14.5. The van der Waals surface area contributed by atoms with Crippen LogP contribution in [0.3, 0.4) is 0 Å². The van der Waals surface area contributed by atoms with Gasteiger partial charge in [-0.2, -0.15) is 0 Å². The molecular weight excluding hydrogens is 234 g/mol. The van der Waals surface area contributed by atoms with Crippen LogP contribution < -0.4 is 0 Å². The number of aryl methyl sites for hydroxylation is 2. The lowest BCUT2D eigenvalue weighted by Gasteiger charge is -2.33. The summed E-state index contributed by atoms with van der Waals surface area (Å²) in [5.74, 6) is 0. The number of aliphatic hydroxyl groups excluding tert-OH is 1. The van der Waals surface area contributed by atoms with Gasteiger partial charge in [-0.3, -0.25) is 0 Å². The first-order valence-electron chi connectivity index (χ1n) is 7.56. The van der Waals surface area contributed by atoms with Crippen LogP contribution >= 0.6 is 0 Å². The molecule has 1 N–H and O–H groups in total. The summed E-state index contributed by atoms with van der Waals surface area (Å²) in [7, 11) is 0. The van der Waals surface area contributed by atoms with E-state index in [1.165, 1.54) is 36.9 Å². The highest BCUT2D eigenvalue weighted by molar-refractivity contribution is 5.29. The van der Waals surface area contributed by atoms with Gasteiger partial charge in [-0.1, -0.05) is 35.7 Å². The molecule has 2 atom stereocenters. The van der Waals surface area contributed by atoms with Crippen LogP contribution in [0.5, 0.6) is 0 Å². The smallest absolute Gasteiger partial charge is 0.0802 e. The Morgan fingerprint density at radius 1 is 1.21 bits per heavy atom. The van der Waals surface area contributed by atoms with E-state index in [0.717, 1.165) is 18.5 Å². The Morgan fingerprint density at radius 2 is 1.89 bits per heavy atom. The highest BCUT2D eigenvalue weighted by Gasteiger charge is 2.19. The van der Waals surface area contributed by atoms with E-state index < -0.39 is 0 Å². The third-order valence-electron chi connectivity index (χ3n) is 4.26. The summed E-state index contributed by atoms with van der Waals surface area (Å²) >= 11 is 0. The molecule has 2 rings (SSSR count). The fraction of sp³-hybridized carbons (Fsp3) is 0.647. The quantitative estimate of drug-likeness (QED) is 0.895. The molecule has 0 spiro atoms. The Kier molecular flexibility index (Phi) is 5.00. The van der Waals surface area contributed by atoms with Crippen LogP contribution in [0.2, 0.25) is 0 Å². The number of hydrogen-bond acceptors (Lipinski definition) is 2. The predicted octanol–water partition coefficient (Wildman–Crippen LogP) is 3.60. The molecule has 0 amide bonds. The van der Waals surface area contributed by atoms with Gasteiger partial charge in [0.15, 0.2) is 0 Å². The molecule has 19 heavy (non-hydrogen) atoms. The van der Waals surface area contributed by atoms with Crippen molar-refractivity contribution in [3.8, 4) is 0 Å². The van der Waals surface area contributed by atoms with Gasteiger partial charge in [0.1, 0.15) is 0 Å². The van der Waals surface area contributed by atoms with Crippen molar-refractivity contribution in [2.24, 2.45) is 0 Å². The van der Waals surface area contributed by atoms with Gasteiger partial charge in [0.05, 0.1) is 6.10 Å². The van der Waals surface area contributed by atoms with Crippen molar-refractivity contribution < 1.29 is 5.11 Å². The van der Waals surface area contributed by atoms with Crippen molar-refractivity contribution in [3.63, 3.8) is 0 Å². The van der Waals surface area contributed by atoms with Crippen molar-refractivity contribution >= 4 is 0 Å². The maximum Gasteiger partial charge on any atom is 0.0802 e. The first-order valence-corrected chi connectivity index (χ1v) is 7.56. The fourth-order valence-corrected chi connectivity index (χ4v) is 3.15. The molecule has 0 aliphatic carbocycles. The van der Waals surface area contributed by atoms with Crippen LogP contribution in [-0.4, -0.2) is 29.1 Å². The highest BCUT2D eigenvalue weighted by atomic mass is 16.3. The molecule has 1 aliphatic heterocycles. The average molecular weight is 261 g/mol. The molecule has 106 valence electrons. The van der Waals surface area contributed by atoms with Crippen molar-refractivity contribution in [1.29, 1.82) is 0 Å². The third-order valence-corrected chi connectivity index (χ3v) is 4.26. The van der Waals surface area contributed by atoms with Gasteiger partial charge in [-0.05, 0) is 52.1 Å². The minimum absolute atomic E-state index is 0.326. The van der Waals surface area contributed by atoms with Crippen LogP contribution in [0.25, 0.3) is 0 Å². The van der Waals surface area contributed by atoms with Crippen LogP contribution in [0.15, 0.2) is 18.2 Å². The monoisotopic (exact) mass is 261 g/mol. The molecule has 0 aromatic heterocycles. The molecule has 2 nitrogen and oxygen atoms in total. The number of likely N-dealkylation sites (tertiary alicyclic amines) is 1. The highest BCUT2D eigenvalue weighted by Crippen LogP contribution is 2.22. The van der Waals surface area contributed by atoms with Gasteiger partial charge in [0.2, 0.25) is 0 Å². The molecule has 0 radical (unpaired) electrons. The molecule has 2 unspecified atom stereocenters. The van der Waals surface area contributed by atoms with Gasteiger partial charge < -0.3 is 10.0 Å². The van der Waals surface area contributed by atoms with Gasteiger partial charge >= 0.3 is 0 Å². The van der Waals surface area contributed by atoms with E-state index in [1.807, 2.05) is 0 Å². The van der Waals surface area contributed by atoms with E-state index in [-0.39, 0.29) is 6.10 Å². The molecule has 1 saturated heterocycles. The van der Waals surface area contributed by atoms with E-state index in [4.69, 9.17) is 0 Å². The number of rotatable bonds is 4. The van der Waals surface area contributed by atoms with Crippen molar-refractivity contribution in [2.45, 2.75) is 58.6 Å². The van der Waals surface area contributed by atoms with Crippen LogP contribution in [0, 0.1) is 13.8 Å². The molecule has 0 saturated carbocycles. The van der Waals surface area contributed by atoms with Crippen molar-refractivity contribution in [2.75, 3.05) is 13.1 Å². The molecule has 0 bridgehead atoms. The van der Waals surface area contributed by atoms with Crippen molar-refractivity contribution in [1.82, 2.24) is 4.90 Å². The zero-order chi connectivity index (χ0) is 13.8. The Labute approximate surface area is 117 Å². The largest absolute Gasteiger partial charge is 0.388 e. The second-order valence-corrected chi connectivity index (χ2v) is 6.11. The van der Waals surface area contributed by atoms with E-state index >= 15 is 0 Å². The average Bonchev–Trinajstić information content (AvgIpc) is 2.36. The maximum absolute atomic E-state index is 10.4. The van der Waals surface area contributed by atoms with E-state index in [1.54, 1.807) is 0 Å². The number of piperidine rings is 1. The Balaban J connectivity index is 1.91. The zero-order valence-corrected chi connectivity index (χ0v) is 12.5.